The lowest BCUT2D eigenvalue weighted by molar-refractivity contribution is 0.0730. The van der Waals surface area contributed by atoms with E-state index >= 15 is 0 Å². The van der Waals surface area contributed by atoms with Gasteiger partial charge >= 0.3 is 0 Å². The number of imidazole rings is 1. The highest BCUT2D eigenvalue weighted by Crippen LogP contribution is 2.41. The summed E-state index contributed by atoms with van der Waals surface area (Å²) in [5, 5.41) is 0. The molecule has 1 atom stereocenters. The monoisotopic (exact) mass is 556 g/mol. The number of fused-ring (bicyclic) bond motifs is 1. The van der Waals surface area contributed by atoms with Gasteiger partial charge in [0.15, 0.2) is 15.7 Å². The summed E-state index contributed by atoms with van der Waals surface area (Å²) < 4.78 is 44.7. The molecule has 1 fully saturated rings. The third-order valence-corrected chi connectivity index (χ3v) is 8.11. The molecule has 1 aliphatic rings. The second-order valence-electron chi connectivity index (χ2n) is 9.69. The third-order valence-electron chi connectivity index (χ3n) is 6.98. The van der Waals surface area contributed by atoms with E-state index in [1.54, 1.807) is 41.4 Å². The van der Waals surface area contributed by atoms with Gasteiger partial charge in [-0.25, -0.2) is 17.8 Å². The van der Waals surface area contributed by atoms with E-state index < -0.39 is 15.7 Å². The number of nitrogens with one attached hydrogen (secondary N) is 1. The number of amides is 1. The number of sulfone groups is 1. The van der Waals surface area contributed by atoms with Gasteiger partial charge < -0.3 is 14.6 Å². The molecule has 1 saturated heterocycles. The van der Waals surface area contributed by atoms with Crippen molar-refractivity contribution in [1.29, 1.82) is 0 Å². The maximum Gasteiger partial charge on any atom is 0.257 e. The van der Waals surface area contributed by atoms with Crippen LogP contribution in [0.4, 0.5) is 4.39 Å². The average Bonchev–Trinajstić information content (AvgIpc) is 3.60. The second-order valence-corrected chi connectivity index (χ2v) is 11.7. The van der Waals surface area contributed by atoms with E-state index in [4.69, 9.17) is 9.72 Å². The van der Waals surface area contributed by atoms with Crippen molar-refractivity contribution >= 4 is 26.8 Å². The fraction of sp³-hybridized carbons (Fsp3) is 0.167. The number of hydrogen-bond donors (Lipinski definition) is 1. The van der Waals surface area contributed by atoms with E-state index in [-0.39, 0.29) is 22.4 Å². The Labute approximate surface area is 230 Å². The fourth-order valence-electron chi connectivity index (χ4n) is 5.03. The zero-order chi connectivity index (χ0) is 27.9. The Balaban J connectivity index is 1.44. The number of aromatic nitrogens is 3. The lowest BCUT2D eigenvalue weighted by atomic mass is 10.0. The summed E-state index contributed by atoms with van der Waals surface area (Å²) in [6, 6.07) is 21.0. The van der Waals surface area contributed by atoms with Crippen molar-refractivity contribution < 1.29 is 22.3 Å². The number of aromatic amines is 1. The number of likely N-dealkylation sites (tertiary alicyclic amines) is 1. The van der Waals surface area contributed by atoms with Gasteiger partial charge in [-0.05, 0) is 67.4 Å². The van der Waals surface area contributed by atoms with Crippen LogP contribution >= 0.6 is 0 Å². The molecule has 0 radical (unpaired) electrons. The number of carbonyl (C=O) groups is 1. The molecular weight excluding hydrogens is 531 g/mol. The molecule has 1 amide bonds. The van der Waals surface area contributed by atoms with Crippen molar-refractivity contribution in [2.24, 2.45) is 0 Å². The largest absolute Gasteiger partial charge is 0.457 e. The third kappa shape index (κ3) is 4.93. The van der Waals surface area contributed by atoms with Crippen LogP contribution in [0, 0.1) is 5.82 Å². The molecule has 1 unspecified atom stereocenters. The number of hydrogen-bond acceptors (Lipinski definition) is 6. The highest BCUT2D eigenvalue weighted by Gasteiger charge is 2.34. The van der Waals surface area contributed by atoms with E-state index in [1.807, 2.05) is 24.3 Å². The minimum absolute atomic E-state index is 0.0216. The quantitative estimate of drug-likeness (QED) is 0.278. The first-order valence-electron chi connectivity index (χ1n) is 12.8. The standard InChI is InChI=1S/C30H25FN4O4S/c1-40(37,38)20-13-11-19(12-14-20)39-28-18-26-25(33-29(34-26)24-9-4-5-15-32-24)17-22(28)27-10-6-16-35(27)30(36)21-7-2-3-8-23(21)31/h2-5,7-9,11-15,17-18,27H,6,10,16H2,1H3,(H,33,34). The van der Waals surface area contributed by atoms with Crippen molar-refractivity contribution in [3.8, 4) is 23.0 Å². The number of rotatable bonds is 6. The minimum atomic E-state index is -3.36. The van der Waals surface area contributed by atoms with Gasteiger partial charge in [0.1, 0.15) is 23.0 Å². The number of benzene rings is 3. The Kier molecular flexibility index (Phi) is 6.55. The SMILES string of the molecule is CS(=O)(=O)c1ccc(Oc2cc3nc(-c4ccccn4)[nH]c3cc2C2CCCN2C(=O)c2ccccc2F)cc1. The summed E-state index contributed by atoms with van der Waals surface area (Å²) in [6.45, 7) is 0.473. The number of pyridine rings is 1. The van der Waals surface area contributed by atoms with Gasteiger partial charge in [-0.1, -0.05) is 18.2 Å². The van der Waals surface area contributed by atoms with Crippen LogP contribution in [0.5, 0.6) is 11.5 Å². The fourth-order valence-corrected chi connectivity index (χ4v) is 5.66. The second kappa shape index (κ2) is 10.2. The van der Waals surface area contributed by atoms with Gasteiger partial charge in [-0.15, -0.1) is 0 Å². The first kappa shape index (κ1) is 25.7. The molecule has 3 aromatic carbocycles. The molecule has 40 heavy (non-hydrogen) atoms. The maximum atomic E-state index is 14.5. The van der Waals surface area contributed by atoms with E-state index in [2.05, 4.69) is 9.97 Å². The highest BCUT2D eigenvalue weighted by molar-refractivity contribution is 7.90. The molecule has 2 aromatic heterocycles. The van der Waals surface area contributed by atoms with Crippen LogP contribution in [-0.2, 0) is 9.84 Å². The highest BCUT2D eigenvalue weighted by atomic mass is 32.2. The summed E-state index contributed by atoms with van der Waals surface area (Å²) in [6.07, 6.45) is 4.24. The summed E-state index contributed by atoms with van der Waals surface area (Å²) in [7, 11) is -3.36. The predicted octanol–water partition coefficient (Wildman–Crippen LogP) is 5.94. The van der Waals surface area contributed by atoms with Crippen LogP contribution in [0.2, 0.25) is 0 Å². The van der Waals surface area contributed by atoms with Crippen molar-refractivity contribution in [3.63, 3.8) is 0 Å². The number of ether oxygens (including phenoxy) is 1. The zero-order valence-electron chi connectivity index (χ0n) is 21.5. The molecule has 3 heterocycles. The van der Waals surface area contributed by atoms with Crippen LogP contribution in [0.25, 0.3) is 22.6 Å². The van der Waals surface area contributed by atoms with E-state index in [0.717, 1.165) is 23.8 Å². The molecular formula is C30H25FN4O4S. The Morgan fingerprint density at radius 1 is 1.05 bits per heavy atom. The first-order chi connectivity index (χ1) is 19.3. The molecule has 8 nitrogen and oxygen atoms in total. The zero-order valence-corrected chi connectivity index (χ0v) is 22.4. The summed E-state index contributed by atoms with van der Waals surface area (Å²) >= 11 is 0. The van der Waals surface area contributed by atoms with Gasteiger partial charge in [-0.3, -0.25) is 9.78 Å². The topological polar surface area (TPSA) is 105 Å². The molecule has 0 saturated carbocycles. The van der Waals surface area contributed by atoms with E-state index in [0.29, 0.717) is 41.5 Å². The summed E-state index contributed by atoms with van der Waals surface area (Å²) in [4.78, 5) is 27.7. The molecule has 5 aromatic rings. The Morgan fingerprint density at radius 3 is 2.55 bits per heavy atom. The van der Waals surface area contributed by atoms with Crippen LogP contribution in [-0.4, -0.2) is 47.0 Å². The van der Waals surface area contributed by atoms with Crippen LogP contribution in [0.3, 0.4) is 0 Å². The molecule has 202 valence electrons. The molecule has 0 aliphatic carbocycles. The molecule has 1 N–H and O–H groups in total. The van der Waals surface area contributed by atoms with Gasteiger partial charge in [0.25, 0.3) is 5.91 Å². The van der Waals surface area contributed by atoms with Crippen molar-refractivity contribution in [3.05, 3.63) is 102 Å². The van der Waals surface area contributed by atoms with Gasteiger partial charge in [0.05, 0.1) is 27.5 Å². The first-order valence-corrected chi connectivity index (χ1v) is 14.7. The smallest absolute Gasteiger partial charge is 0.257 e. The number of nitrogens with zero attached hydrogens (tertiary/aromatic N) is 3. The maximum absolute atomic E-state index is 14.5. The molecule has 0 bridgehead atoms. The van der Waals surface area contributed by atoms with Crippen molar-refractivity contribution in [1.82, 2.24) is 19.9 Å². The van der Waals surface area contributed by atoms with Gasteiger partial charge in [0.2, 0.25) is 0 Å². The normalized spacial score (nSPS) is 15.4. The van der Waals surface area contributed by atoms with Crippen LogP contribution in [0.15, 0.2) is 90.0 Å². The average molecular weight is 557 g/mol. The lowest BCUT2D eigenvalue weighted by Crippen LogP contribution is -2.31. The number of carbonyl (C=O) groups excluding carboxylic acids is 1. The van der Waals surface area contributed by atoms with Crippen LogP contribution < -0.4 is 4.74 Å². The van der Waals surface area contributed by atoms with Crippen molar-refractivity contribution in [2.45, 2.75) is 23.8 Å². The molecule has 1 aliphatic heterocycles. The minimum Gasteiger partial charge on any atom is -0.457 e. The number of H-pyrrole nitrogens is 1. The van der Waals surface area contributed by atoms with E-state index in [1.165, 1.54) is 24.3 Å². The molecule has 10 heteroatoms. The molecule has 6 rings (SSSR count). The Bertz CT molecular complexity index is 1820. The van der Waals surface area contributed by atoms with E-state index in [9.17, 15) is 17.6 Å². The Morgan fingerprint density at radius 2 is 1.82 bits per heavy atom. The summed E-state index contributed by atoms with van der Waals surface area (Å²) in [5.41, 5.74) is 2.81. The summed E-state index contributed by atoms with van der Waals surface area (Å²) in [5.74, 6) is 0.532. The van der Waals surface area contributed by atoms with Gasteiger partial charge in [0, 0.05) is 30.6 Å². The predicted molar refractivity (Wildman–Crippen MR) is 148 cm³/mol. The van der Waals surface area contributed by atoms with Crippen LogP contribution in [0.1, 0.15) is 34.8 Å². The number of halogens is 1. The van der Waals surface area contributed by atoms with Crippen molar-refractivity contribution in [2.75, 3.05) is 12.8 Å². The molecule has 0 spiro atoms. The van der Waals surface area contributed by atoms with Gasteiger partial charge in [-0.2, -0.15) is 0 Å². The Hall–Kier alpha value is -4.57. The lowest BCUT2D eigenvalue weighted by Gasteiger charge is -2.27.